The molecule has 0 atom stereocenters. The summed E-state index contributed by atoms with van der Waals surface area (Å²) in [7, 11) is 2.15. The van der Waals surface area contributed by atoms with Gasteiger partial charge in [-0.25, -0.2) is 4.98 Å². The van der Waals surface area contributed by atoms with Crippen molar-refractivity contribution in [1.82, 2.24) is 24.8 Å². The van der Waals surface area contributed by atoms with Gasteiger partial charge >= 0.3 is 0 Å². The highest BCUT2D eigenvalue weighted by Gasteiger charge is 2.24. The fourth-order valence-corrected chi connectivity index (χ4v) is 3.74. The zero-order chi connectivity index (χ0) is 18.5. The molecule has 2 aliphatic heterocycles. The third-order valence-corrected chi connectivity index (χ3v) is 5.39. The SMILES string of the molecule is CN(c1ccnc(N2CCOCC2)n1)C1CCN(Cc2cnccn2)CC1. The third-order valence-electron chi connectivity index (χ3n) is 5.39. The summed E-state index contributed by atoms with van der Waals surface area (Å²) in [6.45, 7) is 6.20. The van der Waals surface area contributed by atoms with E-state index in [1.54, 1.807) is 12.4 Å². The quantitative estimate of drug-likeness (QED) is 0.779. The van der Waals surface area contributed by atoms with E-state index in [9.17, 15) is 0 Å². The number of anilines is 2. The lowest BCUT2D eigenvalue weighted by atomic mass is 10.0. The number of morpholine rings is 1. The largest absolute Gasteiger partial charge is 0.378 e. The molecule has 2 aromatic heterocycles. The zero-order valence-electron chi connectivity index (χ0n) is 15.9. The summed E-state index contributed by atoms with van der Waals surface area (Å²) in [5, 5.41) is 0. The highest BCUT2D eigenvalue weighted by Crippen LogP contribution is 2.22. The predicted octanol–water partition coefficient (Wildman–Crippen LogP) is 1.20. The maximum absolute atomic E-state index is 5.43. The molecule has 0 radical (unpaired) electrons. The van der Waals surface area contributed by atoms with Crippen LogP contribution in [0.25, 0.3) is 0 Å². The fourth-order valence-electron chi connectivity index (χ4n) is 3.74. The van der Waals surface area contributed by atoms with Crippen molar-refractivity contribution in [3.8, 4) is 0 Å². The molecule has 2 fully saturated rings. The van der Waals surface area contributed by atoms with Crippen molar-refractivity contribution in [2.45, 2.75) is 25.4 Å². The Labute approximate surface area is 160 Å². The van der Waals surface area contributed by atoms with E-state index in [0.29, 0.717) is 6.04 Å². The van der Waals surface area contributed by atoms with Crippen LogP contribution in [0.15, 0.2) is 30.9 Å². The molecule has 2 saturated heterocycles. The number of hydrogen-bond donors (Lipinski definition) is 0. The van der Waals surface area contributed by atoms with Crippen LogP contribution in [0.3, 0.4) is 0 Å². The first-order chi connectivity index (χ1) is 13.3. The van der Waals surface area contributed by atoms with Crippen LogP contribution in [0.2, 0.25) is 0 Å². The minimum absolute atomic E-state index is 0.496. The first-order valence-electron chi connectivity index (χ1n) is 9.65. The van der Waals surface area contributed by atoms with Crippen LogP contribution >= 0.6 is 0 Å². The summed E-state index contributed by atoms with van der Waals surface area (Å²) in [6, 6.07) is 2.51. The van der Waals surface area contributed by atoms with Gasteiger partial charge in [-0.1, -0.05) is 0 Å². The Morgan fingerprint density at radius 2 is 1.89 bits per heavy atom. The Morgan fingerprint density at radius 1 is 1.07 bits per heavy atom. The molecule has 0 amide bonds. The fraction of sp³-hybridized carbons (Fsp3) is 0.579. The molecule has 0 aliphatic carbocycles. The Morgan fingerprint density at radius 3 is 2.63 bits per heavy atom. The maximum Gasteiger partial charge on any atom is 0.227 e. The second-order valence-corrected chi connectivity index (χ2v) is 7.13. The molecule has 27 heavy (non-hydrogen) atoms. The van der Waals surface area contributed by atoms with E-state index in [1.165, 1.54) is 0 Å². The average molecular weight is 369 g/mol. The second-order valence-electron chi connectivity index (χ2n) is 7.13. The van der Waals surface area contributed by atoms with E-state index in [2.05, 4.69) is 36.7 Å². The van der Waals surface area contributed by atoms with Gasteiger partial charge in [-0.05, 0) is 18.9 Å². The van der Waals surface area contributed by atoms with Crippen molar-refractivity contribution in [3.05, 3.63) is 36.5 Å². The highest BCUT2D eigenvalue weighted by atomic mass is 16.5. The van der Waals surface area contributed by atoms with Gasteiger partial charge in [0.15, 0.2) is 0 Å². The topological polar surface area (TPSA) is 70.5 Å². The zero-order valence-corrected chi connectivity index (χ0v) is 15.9. The van der Waals surface area contributed by atoms with Gasteiger partial charge in [0.1, 0.15) is 5.82 Å². The molecule has 0 bridgehead atoms. The van der Waals surface area contributed by atoms with Crippen molar-refractivity contribution < 1.29 is 4.74 Å². The van der Waals surface area contributed by atoms with Gasteiger partial charge < -0.3 is 14.5 Å². The number of ether oxygens (including phenoxy) is 1. The van der Waals surface area contributed by atoms with E-state index in [4.69, 9.17) is 9.72 Å². The molecular weight excluding hydrogens is 342 g/mol. The van der Waals surface area contributed by atoms with Gasteiger partial charge in [0, 0.05) is 70.6 Å². The minimum Gasteiger partial charge on any atom is -0.378 e. The third kappa shape index (κ3) is 4.51. The van der Waals surface area contributed by atoms with Gasteiger partial charge in [0.25, 0.3) is 0 Å². The summed E-state index contributed by atoms with van der Waals surface area (Å²) in [4.78, 5) is 24.8. The molecule has 0 spiro atoms. The van der Waals surface area contributed by atoms with E-state index in [0.717, 1.165) is 76.2 Å². The Balaban J connectivity index is 1.34. The number of nitrogens with zero attached hydrogens (tertiary/aromatic N) is 7. The van der Waals surface area contributed by atoms with Crippen molar-refractivity contribution in [3.63, 3.8) is 0 Å². The number of likely N-dealkylation sites (tertiary alicyclic amines) is 1. The van der Waals surface area contributed by atoms with Crippen molar-refractivity contribution in [2.24, 2.45) is 0 Å². The molecule has 0 aromatic carbocycles. The molecule has 8 heteroatoms. The summed E-state index contributed by atoms with van der Waals surface area (Å²) >= 11 is 0. The van der Waals surface area contributed by atoms with Crippen LogP contribution in [-0.4, -0.2) is 77.3 Å². The Hall–Kier alpha value is -2.32. The van der Waals surface area contributed by atoms with E-state index < -0.39 is 0 Å². The molecular formula is C19H27N7O. The minimum atomic E-state index is 0.496. The van der Waals surface area contributed by atoms with Crippen LogP contribution in [0, 0.1) is 0 Å². The van der Waals surface area contributed by atoms with Gasteiger partial charge in [0.2, 0.25) is 5.95 Å². The summed E-state index contributed by atoms with van der Waals surface area (Å²) in [5.74, 6) is 1.81. The lowest BCUT2D eigenvalue weighted by Crippen LogP contribution is -2.43. The number of aromatic nitrogens is 4. The molecule has 8 nitrogen and oxygen atoms in total. The van der Waals surface area contributed by atoms with E-state index in [1.807, 2.05) is 18.5 Å². The van der Waals surface area contributed by atoms with Gasteiger partial charge in [-0.15, -0.1) is 0 Å². The van der Waals surface area contributed by atoms with Crippen LogP contribution in [0.4, 0.5) is 11.8 Å². The lowest BCUT2D eigenvalue weighted by molar-refractivity contribution is 0.122. The molecule has 0 saturated carbocycles. The molecule has 2 aliphatic rings. The van der Waals surface area contributed by atoms with Crippen molar-refractivity contribution in [1.29, 1.82) is 0 Å². The monoisotopic (exact) mass is 369 g/mol. The predicted molar refractivity (Wildman–Crippen MR) is 104 cm³/mol. The molecule has 0 N–H and O–H groups in total. The molecule has 2 aromatic rings. The maximum atomic E-state index is 5.43. The molecule has 4 heterocycles. The Kier molecular flexibility index (Phi) is 5.74. The van der Waals surface area contributed by atoms with Gasteiger partial charge in [-0.3, -0.25) is 14.9 Å². The standard InChI is InChI=1S/C19H27N7O/c1-24(18-2-5-22-19(23-18)26-10-12-27-13-11-26)17-3-8-25(9-4-17)15-16-14-20-6-7-21-16/h2,5-7,14,17H,3-4,8-13,15H2,1H3. The molecule has 0 unspecified atom stereocenters. The second kappa shape index (κ2) is 8.58. The normalized spacial score (nSPS) is 19.2. The number of hydrogen-bond acceptors (Lipinski definition) is 8. The van der Waals surface area contributed by atoms with Crippen LogP contribution in [-0.2, 0) is 11.3 Å². The van der Waals surface area contributed by atoms with Gasteiger partial charge in [0.05, 0.1) is 18.9 Å². The number of rotatable bonds is 5. The van der Waals surface area contributed by atoms with Gasteiger partial charge in [-0.2, -0.15) is 4.98 Å². The van der Waals surface area contributed by atoms with Crippen LogP contribution in [0.5, 0.6) is 0 Å². The number of piperidine rings is 1. The first-order valence-corrected chi connectivity index (χ1v) is 9.65. The summed E-state index contributed by atoms with van der Waals surface area (Å²) in [6.07, 6.45) is 9.44. The molecule has 144 valence electrons. The van der Waals surface area contributed by atoms with Crippen LogP contribution in [0.1, 0.15) is 18.5 Å². The smallest absolute Gasteiger partial charge is 0.227 e. The highest BCUT2D eigenvalue weighted by molar-refractivity contribution is 5.44. The average Bonchev–Trinajstić information content (AvgIpc) is 2.75. The Bertz CT molecular complexity index is 715. The van der Waals surface area contributed by atoms with E-state index >= 15 is 0 Å². The van der Waals surface area contributed by atoms with E-state index in [-0.39, 0.29) is 0 Å². The van der Waals surface area contributed by atoms with Crippen LogP contribution < -0.4 is 9.80 Å². The van der Waals surface area contributed by atoms with Crippen molar-refractivity contribution >= 4 is 11.8 Å². The summed E-state index contributed by atoms with van der Waals surface area (Å²) in [5.41, 5.74) is 1.04. The lowest BCUT2D eigenvalue weighted by Gasteiger charge is -2.37. The molecule has 4 rings (SSSR count). The first kappa shape index (κ1) is 18.1. The summed E-state index contributed by atoms with van der Waals surface area (Å²) < 4.78 is 5.43. The van der Waals surface area contributed by atoms with Crippen molar-refractivity contribution in [2.75, 3.05) is 56.2 Å².